The van der Waals surface area contributed by atoms with E-state index in [1.54, 1.807) is 30.2 Å². The van der Waals surface area contributed by atoms with Gasteiger partial charge in [0, 0.05) is 18.5 Å². The second kappa shape index (κ2) is 10.8. The van der Waals surface area contributed by atoms with Crippen molar-refractivity contribution in [3.8, 4) is 5.75 Å². The van der Waals surface area contributed by atoms with Gasteiger partial charge in [-0.25, -0.2) is 9.78 Å². The molecule has 0 aliphatic rings. The second-order valence-electron chi connectivity index (χ2n) is 7.30. The molecular weight excluding hydrogens is 462 g/mol. The lowest BCUT2D eigenvalue weighted by Crippen LogP contribution is -2.40. The van der Waals surface area contributed by atoms with Gasteiger partial charge in [-0.05, 0) is 43.4 Å². The fourth-order valence-corrected chi connectivity index (χ4v) is 4.58. The number of carbonyl (C=O) groups excluding carboxylic acids is 1. The fourth-order valence-electron chi connectivity index (χ4n) is 3.56. The molecule has 9 heteroatoms. The molecule has 2 aromatic heterocycles. The molecule has 2 aromatic carbocycles. The molecule has 2 heterocycles. The van der Waals surface area contributed by atoms with E-state index in [0.29, 0.717) is 29.2 Å². The Hall–Kier alpha value is -2.94. The van der Waals surface area contributed by atoms with Crippen LogP contribution in [0.3, 0.4) is 0 Å². The Labute approximate surface area is 202 Å². The van der Waals surface area contributed by atoms with E-state index in [-0.39, 0.29) is 18.0 Å². The van der Waals surface area contributed by atoms with E-state index in [4.69, 9.17) is 9.15 Å². The summed E-state index contributed by atoms with van der Waals surface area (Å²) in [6, 6.07) is 14.4. The molecule has 1 amide bonds. The Kier molecular flexibility index (Phi) is 8.07. The lowest BCUT2D eigenvalue weighted by molar-refractivity contribution is 0.0980. The Balaban J connectivity index is 0.00000306. The van der Waals surface area contributed by atoms with Gasteiger partial charge in [-0.1, -0.05) is 43.4 Å². The van der Waals surface area contributed by atoms with Crippen molar-refractivity contribution in [2.75, 3.05) is 38.2 Å². The van der Waals surface area contributed by atoms with Crippen LogP contribution in [0.1, 0.15) is 24.2 Å². The van der Waals surface area contributed by atoms with Crippen molar-refractivity contribution in [3.63, 3.8) is 0 Å². The number of benzene rings is 2. The first-order valence-corrected chi connectivity index (χ1v) is 11.4. The number of aromatic nitrogens is 1. The highest BCUT2D eigenvalue weighted by Gasteiger charge is 2.25. The van der Waals surface area contributed by atoms with Gasteiger partial charge in [0.05, 0.1) is 17.3 Å². The maximum Gasteiger partial charge on any atom is 0.349 e. The zero-order chi connectivity index (χ0) is 22.7. The van der Waals surface area contributed by atoms with Crippen molar-refractivity contribution in [2.45, 2.75) is 13.8 Å². The number of hydrogen-bond donors (Lipinski definition) is 0. The number of hydrogen-bond acceptors (Lipinski definition) is 7. The molecule has 174 valence electrons. The van der Waals surface area contributed by atoms with E-state index in [1.807, 2.05) is 30.3 Å². The second-order valence-corrected chi connectivity index (χ2v) is 8.31. The number of halogens is 1. The summed E-state index contributed by atoms with van der Waals surface area (Å²) in [5.74, 6) is 0.312. The van der Waals surface area contributed by atoms with Crippen LogP contribution in [-0.2, 0) is 0 Å². The smallest absolute Gasteiger partial charge is 0.349 e. The van der Waals surface area contributed by atoms with Gasteiger partial charge in [-0.2, -0.15) is 0 Å². The van der Waals surface area contributed by atoms with Crippen LogP contribution in [-0.4, -0.2) is 49.1 Å². The van der Waals surface area contributed by atoms with Crippen LogP contribution in [0, 0.1) is 0 Å². The molecule has 4 aromatic rings. The predicted molar refractivity (Wildman–Crippen MR) is 135 cm³/mol. The van der Waals surface area contributed by atoms with E-state index in [1.165, 1.54) is 11.3 Å². The topological polar surface area (TPSA) is 75.9 Å². The van der Waals surface area contributed by atoms with Gasteiger partial charge >= 0.3 is 5.63 Å². The number of ether oxygens (including phenoxy) is 1. The molecule has 7 nitrogen and oxygen atoms in total. The molecule has 0 unspecified atom stereocenters. The molecule has 33 heavy (non-hydrogen) atoms. The number of fused-ring (bicyclic) bond motifs is 2. The number of thiazole rings is 1. The third-order valence-electron chi connectivity index (χ3n) is 5.47. The van der Waals surface area contributed by atoms with E-state index in [9.17, 15) is 9.59 Å². The van der Waals surface area contributed by atoms with Crippen molar-refractivity contribution in [1.29, 1.82) is 0 Å². The summed E-state index contributed by atoms with van der Waals surface area (Å²) in [6.07, 6.45) is 0. The molecule has 0 aliphatic carbocycles. The van der Waals surface area contributed by atoms with Crippen molar-refractivity contribution in [1.82, 2.24) is 9.88 Å². The minimum atomic E-state index is -0.649. The minimum Gasteiger partial charge on any atom is -0.497 e. The van der Waals surface area contributed by atoms with Crippen LogP contribution in [0.4, 0.5) is 5.13 Å². The highest BCUT2D eigenvalue weighted by molar-refractivity contribution is 7.22. The number of likely N-dealkylation sites (N-methyl/N-ethyl adjacent to an activating group) is 1. The largest absolute Gasteiger partial charge is 0.497 e. The number of para-hydroxylation sites is 1. The van der Waals surface area contributed by atoms with Gasteiger partial charge in [0.1, 0.15) is 16.9 Å². The van der Waals surface area contributed by atoms with Crippen molar-refractivity contribution >= 4 is 56.0 Å². The summed E-state index contributed by atoms with van der Waals surface area (Å²) in [5, 5.41) is 1.24. The van der Waals surface area contributed by atoms with Crippen LogP contribution < -0.4 is 15.3 Å². The van der Waals surface area contributed by atoms with Crippen molar-refractivity contribution in [2.24, 2.45) is 0 Å². The van der Waals surface area contributed by atoms with E-state index >= 15 is 0 Å². The quantitative estimate of drug-likeness (QED) is 0.331. The van der Waals surface area contributed by atoms with Gasteiger partial charge < -0.3 is 14.1 Å². The van der Waals surface area contributed by atoms with Gasteiger partial charge in [0.25, 0.3) is 5.91 Å². The van der Waals surface area contributed by atoms with Crippen LogP contribution >= 0.6 is 23.7 Å². The molecule has 0 radical (unpaired) electrons. The van der Waals surface area contributed by atoms with Gasteiger partial charge in [-0.3, -0.25) is 9.69 Å². The summed E-state index contributed by atoms with van der Waals surface area (Å²) < 4.78 is 11.6. The Morgan fingerprint density at radius 1 is 1.09 bits per heavy atom. The predicted octanol–water partition coefficient (Wildman–Crippen LogP) is 4.82. The third kappa shape index (κ3) is 5.19. The first kappa shape index (κ1) is 24.7. The Bertz CT molecular complexity index is 1320. The maximum absolute atomic E-state index is 13.6. The SMILES string of the molecule is CCN(CC)CCN(C(=O)c1cc2ccccc2oc1=O)c1nc2ccc(OC)cc2s1.Cl. The summed E-state index contributed by atoms with van der Waals surface area (Å²) in [4.78, 5) is 34.7. The lowest BCUT2D eigenvalue weighted by atomic mass is 10.1. The highest BCUT2D eigenvalue weighted by Crippen LogP contribution is 2.32. The first-order chi connectivity index (χ1) is 15.5. The fraction of sp³-hybridized carbons (Fsp3) is 0.292. The molecular formula is C24H26ClN3O4S. The number of carbonyl (C=O) groups is 1. The lowest BCUT2D eigenvalue weighted by Gasteiger charge is -2.24. The third-order valence-corrected chi connectivity index (χ3v) is 6.51. The molecule has 0 N–H and O–H groups in total. The summed E-state index contributed by atoms with van der Waals surface area (Å²) in [5.41, 5.74) is 0.581. The summed E-state index contributed by atoms with van der Waals surface area (Å²) in [6.45, 7) is 6.97. The van der Waals surface area contributed by atoms with Crippen LogP contribution in [0.25, 0.3) is 21.2 Å². The molecule has 4 rings (SSSR count). The normalized spacial score (nSPS) is 11.0. The number of nitrogens with zero attached hydrogens (tertiary/aromatic N) is 3. The number of amides is 1. The molecule has 0 saturated carbocycles. The van der Waals surface area contributed by atoms with E-state index < -0.39 is 11.5 Å². The van der Waals surface area contributed by atoms with Crippen LogP contribution in [0.2, 0.25) is 0 Å². The van der Waals surface area contributed by atoms with Crippen LogP contribution in [0.5, 0.6) is 5.75 Å². The van der Waals surface area contributed by atoms with Crippen LogP contribution in [0.15, 0.2) is 57.7 Å². The summed E-state index contributed by atoms with van der Waals surface area (Å²) in [7, 11) is 1.61. The average molecular weight is 488 g/mol. The molecule has 0 atom stereocenters. The zero-order valence-corrected chi connectivity index (χ0v) is 20.4. The van der Waals surface area contributed by atoms with Crippen molar-refractivity contribution < 1.29 is 13.9 Å². The zero-order valence-electron chi connectivity index (χ0n) is 18.7. The Morgan fingerprint density at radius 2 is 1.85 bits per heavy atom. The number of rotatable bonds is 8. The van der Waals surface area contributed by atoms with E-state index in [2.05, 4.69) is 23.7 Å². The van der Waals surface area contributed by atoms with Gasteiger partial charge in [0.2, 0.25) is 0 Å². The van der Waals surface area contributed by atoms with Gasteiger partial charge in [0.15, 0.2) is 5.13 Å². The maximum atomic E-state index is 13.6. The first-order valence-electron chi connectivity index (χ1n) is 10.6. The van der Waals surface area contributed by atoms with Gasteiger partial charge in [-0.15, -0.1) is 12.4 Å². The number of anilines is 1. The molecule has 0 bridgehead atoms. The summed E-state index contributed by atoms with van der Waals surface area (Å²) >= 11 is 1.40. The minimum absolute atomic E-state index is 0. The molecule has 0 saturated heterocycles. The average Bonchev–Trinajstić information content (AvgIpc) is 3.24. The van der Waals surface area contributed by atoms with Crippen molar-refractivity contribution in [3.05, 3.63) is 64.5 Å². The Morgan fingerprint density at radius 3 is 2.58 bits per heavy atom. The molecule has 0 fully saturated rings. The number of methoxy groups -OCH3 is 1. The molecule has 0 spiro atoms. The van der Waals surface area contributed by atoms with E-state index in [0.717, 1.165) is 29.1 Å². The molecule has 0 aliphatic heterocycles. The standard InChI is InChI=1S/C24H25N3O4S.ClH/c1-4-26(5-2)12-13-27(24-25-19-11-10-17(30-3)15-21(19)32-24)22(28)18-14-16-8-6-7-9-20(16)31-23(18)29;/h6-11,14-15H,4-5,12-13H2,1-3H3;1H. The highest BCUT2D eigenvalue weighted by atomic mass is 35.5. The monoisotopic (exact) mass is 487 g/mol.